The summed E-state index contributed by atoms with van der Waals surface area (Å²) >= 11 is 0. The molecule has 33 heavy (non-hydrogen) atoms. The van der Waals surface area contributed by atoms with E-state index in [1.54, 1.807) is 6.20 Å². The molecular formula is C25H28N6O2. The van der Waals surface area contributed by atoms with Crippen molar-refractivity contribution in [3.8, 4) is 22.9 Å². The molecule has 0 unspecified atom stereocenters. The SMILES string of the molecule is CN(C)CCOc1cc(Nc2nc3cccc(-c4ccc5c(c4)CCCCO5)n3n2)ccn1. The summed E-state index contributed by atoms with van der Waals surface area (Å²) in [6.45, 7) is 2.19. The van der Waals surface area contributed by atoms with Crippen LogP contribution in [0.4, 0.5) is 11.6 Å². The van der Waals surface area contributed by atoms with Crippen molar-refractivity contribution in [2.45, 2.75) is 19.3 Å². The van der Waals surface area contributed by atoms with E-state index in [0.29, 0.717) is 18.4 Å². The lowest BCUT2D eigenvalue weighted by Crippen LogP contribution is -2.19. The fraction of sp³-hybridized carbons (Fsp3) is 0.320. The molecule has 0 atom stereocenters. The highest BCUT2D eigenvalue weighted by Crippen LogP contribution is 2.30. The minimum Gasteiger partial charge on any atom is -0.493 e. The second-order valence-electron chi connectivity index (χ2n) is 8.40. The summed E-state index contributed by atoms with van der Waals surface area (Å²) in [5.74, 6) is 2.08. The zero-order valence-electron chi connectivity index (χ0n) is 19.0. The molecular weight excluding hydrogens is 416 g/mol. The fourth-order valence-electron chi connectivity index (χ4n) is 3.88. The molecule has 8 nitrogen and oxygen atoms in total. The summed E-state index contributed by atoms with van der Waals surface area (Å²) in [5, 5.41) is 8.00. The number of aryl methyl sites for hydroxylation is 1. The topological polar surface area (TPSA) is 76.8 Å². The molecule has 0 saturated carbocycles. The third-order valence-corrected chi connectivity index (χ3v) is 5.59. The highest BCUT2D eigenvalue weighted by Gasteiger charge is 2.14. The number of hydrogen-bond donors (Lipinski definition) is 1. The third kappa shape index (κ3) is 4.90. The van der Waals surface area contributed by atoms with Crippen LogP contribution < -0.4 is 14.8 Å². The van der Waals surface area contributed by atoms with E-state index in [0.717, 1.165) is 60.8 Å². The van der Waals surface area contributed by atoms with Crippen molar-refractivity contribution in [2.75, 3.05) is 39.2 Å². The van der Waals surface area contributed by atoms with Crippen LogP contribution in [0, 0.1) is 0 Å². The normalized spacial score (nSPS) is 13.4. The van der Waals surface area contributed by atoms with Crippen molar-refractivity contribution in [3.63, 3.8) is 0 Å². The molecule has 0 spiro atoms. The lowest BCUT2D eigenvalue weighted by molar-refractivity contribution is 0.254. The number of aromatic nitrogens is 4. The summed E-state index contributed by atoms with van der Waals surface area (Å²) in [4.78, 5) is 11.0. The molecule has 0 fully saturated rings. The predicted molar refractivity (Wildman–Crippen MR) is 128 cm³/mol. The Morgan fingerprint density at radius 2 is 2.06 bits per heavy atom. The highest BCUT2D eigenvalue weighted by atomic mass is 16.5. The summed E-state index contributed by atoms with van der Waals surface area (Å²) in [6, 6.07) is 16.1. The molecule has 1 aliphatic heterocycles. The summed E-state index contributed by atoms with van der Waals surface area (Å²) in [7, 11) is 4.02. The first-order valence-electron chi connectivity index (χ1n) is 11.3. The number of hydrogen-bond acceptors (Lipinski definition) is 7. The van der Waals surface area contributed by atoms with Gasteiger partial charge in [0.05, 0.1) is 12.3 Å². The molecule has 0 amide bonds. The fourth-order valence-corrected chi connectivity index (χ4v) is 3.88. The number of ether oxygens (including phenoxy) is 2. The standard InChI is InChI=1S/C25H28N6O2/c1-30(2)13-15-33-24-17-20(11-12-26-24)27-25-28-23-8-5-7-21(31(23)29-25)18-9-10-22-19(16-18)6-3-4-14-32-22/h5,7-12,16-17H,3-4,6,13-15H2,1-2H3,(H,26,27,29). The Morgan fingerprint density at radius 3 is 2.97 bits per heavy atom. The predicted octanol–water partition coefficient (Wildman–Crippen LogP) is 4.19. The Balaban J connectivity index is 1.39. The Kier molecular flexibility index (Phi) is 6.08. The van der Waals surface area contributed by atoms with Crippen molar-refractivity contribution in [1.82, 2.24) is 24.5 Å². The quantitative estimate of drug-likeness (QED) is 0.458. The van der Waals surface area contributed by atoms with Gasteiger partial charge in [-0.2, -0.15) is 4.98 Å². The summed E-state index contributed by atoms with van der Waals surface area (Å²) < 4.78 is 13.5. The van der Waals surface area contributed by atoms with Gasteiger partial charge in [-0.3, -0.25) is 0 Å². The third-order valence-electron chi connectivity index (χ3n) is 5.59. The van der Waals surface area contributed by atoms with Crippen molar-refractivity contribution < 1.29 is 9.47 Å². The van der Waals surface area contributed by atoms with Gasteiger partial charge in [0.1, 0.15) is 12.4 Å². The number of rotatable bonds is 7. The first kappa shape index (κ1) is 21.2. The van der Waals surface area contributed by atoms with Crippen molar-refractivity contribution in [1.29, 1.82) is 0 Å². The molecule has 4 heterocycles. The van der Waals surface area contributed by atoms with Crippen LogP contribution in [0.1, 0.15) is 18.4 Å². The van der Waals surface area contributed by atoms with Gasteiger partial charge in [0.15, 0.2) is 5.65 Å². The van der Waals surface area contributed by atoms with E-state index >= 15 is 0 Å². The van der Waals surface area contributed by atoms with Gasteiger partial charge < -0.3 is 19.7 Å². The zero-order chi connectivity index (χ0) is 22.6. The van der Waals surface area contributed by atoms with E-state index in [-0.39, 0.29) is 0 Å². The Labute approximate surface area is 193 Å². The van der Waals surface area contributed by atoms with Gasteiger partial charge in [-0.25, -0.2) is 9.50 Å². The van der Waals surface area contributed by atoms with Gasteiger partial charge in [-0.1, -0.05) is 6.07 Å². The molecule has 3 aromatic heterocycles. The Bertz CT molecular complexity index is 1250. The molecule has 170 valence electrons. The smallest absolute Gasteiger partial charge is 0.247 e. The van der Waals surface area contributed by atoms with Gasteiger partial charge in [0.2, 0.25) is 11.8 Å². The van der Waals surface area contributed by atoms with E-state index in [9.17, 15) is 0 Å². The number of likely N-dealkylation sites (N-methyl/N-ethyl adjacent to an activating group) is 1. The van der Waals surface area contributed by atoms with Gasteiger partial charge >= 0.3 is 0 Å². The molecule has 0 bridgehead atoms. The van der Waals surface area contributed by atoms with E-state index in [1.807, 2.05) is 42.9 Å². The van der Waals surface area contributed by atoms with Crippen LogP contribution >= 0.6 is 0 Å². The van der Waals surface area contributed by atoms with Crippen LogP contribution in [0.2, 0.25) is 0 Å². The Morgan fingerprint density at radius 1 is 1.12 bits per heavy atom. The lowest BCUT2D eigenvalue weighted by Gasteiger charge is -2.11. The molecule has 1 aliphatic rings. The van der Waals surface area contributed by atoms with Crippen LogP contribution in [0.5, 0.6) is 11.6 Å². The van der Waals surface area contributed by atoms with Crippen LogP contribution in [-0.4, -0.2) is 58.3 Å². The molecule has 0 saturated heterocycles. The van der Waals surface area contributed by atoms with Crippen LogP contribution in [0.3, 0.4) is 0 Å². The molecule has 4 aromatic rings. The first-order chi connectivity index (χ1) is 16.2. The molecule has 8 heteroatoms. The number of benzene rings is 1. The number of pyridine rings is 2. The monoisotopic (exact) mass is 444 g/mol. The zero-order valence-corrected chi connectivity index (χ0v) is 19.0. The van der Waals surface area contributed by atoms with Crippen LogP contribution in [0.25, 0.3) is 16.9 Å². The van der Waals surface area contributed by atoms with E-state index in [1.165, 1.54) is 5.56 Å². The number of nitrogens with zero attached hydrogens (tertiary/aromatic N) is 5. The van der Waals surface area contributed by atoms with Gasteiger partial charge in [-0.05, 0) is 75.3 Å². The average molecular weight is 445 g/mol. The van der Waals surface area contributed by atoms with E-state index in [2.05, 4.69) is 44.5 Å². The summed E-state index contributed by atoms with van der Waals surface area (Å²) in [5.41, 5.74) is 4.94. The van der Waals surface area contributed by atoms with Crippen LogP contribution in [0.15, 0.2) is 54.7 Å². The van der Waals surface area contributed by atoms with Gasteiger partial charge in [0, 0.05) is 30.1 Å². The van der Waals surface area contributed by atoms with Gasteiger partial charge in [-0.15, -0.1) is 5.10 Å². The maximum atomic E-state index is 5.88. The molecule has 1 aromatic carbocycles. The number of anilines is 2. The molecule has 0 radical (unpaired) electrons. The molecule has 0 aliphatic carbocycles. The highest BCUT2D eigenvalue weighted by molar-refractivity contribution is 5.66. The maximum Gasteiger partial charge on any atom is 0.247 e. The van der Waals surface area contributed by atoms with Crippen molar-refractivity contribution >= 4 is 17.3 Å². The lowest BCUT2D eigenvalue weighted by atomic mass is 10.0. The minimum atomic E-state index is 0.519. The molecule has 1 N–H and O–H groups in total. The summed E-state index contributed by atoms with van der Waals surface area (Å²) in [6.07, 6.45) is 4.98. The van der Waals surface area contributed by atoms with E-state index in [4.69, 9.17) is 14.6 Å². The first-order valence-corrected chi connectivity index (χ1v) is 11.3. The number of fused-ring (bicyclic) bond motifs is 2. The van der Waals surface area contributed by atoms with Crippen LogP contribution in [-0.2, 0) is 6.42 Å². The van der Waals surface area contributed by atoms with Crippen molar-refractivity contribution in [3.05, 3.63) is 60.3 Å². The second kappa shape index (κ2) is 9.46. The average Bonchev–Trinajstić information content (AvgIpc) is 3.07. The Hall–Kier alpha value is -3.65. The van der Waals surface area contributed by atoms with Gasteiger partial charge in [0.25, 0.3) is 0 Å². The van der Waals surface area contributed by atoms with E-state index < -0.39 is 0 Å². The second-order valence-corrected chi connectivity index (χ2v) is 8.40. The maximum absolute atomic E-state index is 5.88. The molecule has 5 rings (SSSR count). The number of nitrogens with one attached hydrogen (secondary N) is 1. The largest absolute Gasteiger partial charge is 0.493 e. The minimum absolute atomic E-state index is 0.519. The van der Waals surface area contributed by atoms with Crippen molar-refractivity contribution in [2.24, 2.45) is 0 Å².